The van der Waals surface area contributed by atoms with Crippen LogP contribution in [0, 0.1) is 0 Å². The fourth-order valence-electron chi connectivity index (χ4n) is 1.96. The van der Waals surface area contributed by atoms with Crippen molar-refractivity contribution in [2.75, 3.05) is 19.0 Å². The number of aliphatic hydroxyl groups excluding tert-OH is 1. The third-order valence-corrected chi connectivity index (χ3v) is 3.09. The lowest BCUT2D eigenvalue weighted by molar-refractivity contribution is -0.137. The van der Waals surface area contributed by atoms with Gasteiger partial charge in [0.2, 0.25) is 0 Å². The predicted molar refractivity (Wildman–Crippen MR) is 77.6 cm³/mol. The van der Waals surface area contributed by atoms with Crippen LogP contribution < -0.4 is 5.32 Å². The number of halogens is 3. The minimum atomic E-state index is -4.44. The molecule has 0 bridgehead atoms. The van der Waals surface area contributed by atoms with Crippen molar-refractivity contribution < 1.29 is 23.0 Å². The molecule has 1 unspecified atom stereocenters. The molecule has 0 aliphatic rings. The Morgan fingerprint density at radius 2 is 2.04 bits per heavy atom. The van der Waals surface area contributed by atoms with E-state index < -0.39 is 17.8 Å². The molecule has 0 radical (unpaired) electrons. The average Bonchev–Trinajstić information content (AvgIpc) is 2.53. The van der Waals surface area contributed by atoms with E-state index in [1.165, 1.54) is 25.6 Å². The van der Waals surface area contributed by atoms with Crippen molar-refractivity contribution >= 4 is 5.82 Å². The Morgan fingerprint density at radius 1 is 1.26 bits per heavy atom. The molecular weight excluding hydrogens is 311 g/mol. The van der Waals surface area contributed by atoms with Gasteiger partial charge in [0.15, 0.2) is 0 Å². The number of alkyl halides is 3. The molecule has 1 atom stereocenters. The number of nitrogens with zero attached hydrogens (tertiary/aromatic N) is 2. The number of hydrogen-bond donors (Lipinski definition) is 2. The number of rotatable bonds is 6. The van der Waals surface area contributed by atoms with Crippen molar-refractivity contribution in [2.45, 2.75) is 18.9 Å². The molecule has 2 aromatic rings. The third kappa shape index (κ3) is 4.90. The van der Waals surface area contributed by atoms with Crippen molar-refractivity contribution in [3.05, 3.63) is 53.5 Å². The van der Waals surface area contributed by atoms with E-state index in [0.717, 1.165) is 12.1 Å². The fraction of sp³-hybridized carbons (Fsp3) is 0.333. The van der Waals surface area contributed by atoms with Gasteiger partial charge in [-0.25, -0.2) is 9.97 Å². The van der Waals surface area contributed by atoms with Crippen molar-refractivity contribution in [1.82, 2.24) is 9.97 Å². The average molecular weight is 327 g/mol. The van der Waals surface area contributed by atoms with Crippen molar-refractivity contribution in [1.29, 1.82) is 0 Å². The van der Waals surface area contributed by atoms with Crippen LogP contribution in [0.15, 0.2) is 36.7 Å². The van der Waals surface area contributed by atoms with Gasteiger partial charge >= 0.3 is 6.18 Å². The second-order valence-corrected chi connectivity index (χ2v) is 4.85. The van der Waals surface area contributed by atoms with Gasteiger partial charge in [0.1, 0.15) is 12.1 Å². The molecule has 1 heterocycles. The second-order valence-electron chi connectivity index (χ2n) is 4.85. The summed E-state index contributed by atoms with van der Waals surface area (Å²) in [5.74, 6) is 0.457. The summed E-state index contributed by atoms with van der Waals surface area (Å²) < 4.78 is 43.0. The van der Waals surface area contributed by atoms with E-state index in [-0.39, 0.29) is 12.1 Å². The van der Waals surface area contributed by atoms with Crippen LogP contribution in [-0.4, -0.2) is 28.7 Å². The Bertz CT molecular complexity index is 650. The molecular formula is C15H16F3N3O2. The summed E-state index contributed by atoms with van der Waals surface area (Å²) in [6.07, 6.45) is -4.20. The maximum absolute atomic E-state index is 12.7. The molecule has 5 nitrogen and oxygen atoms in total. The Balaban J connectivity index is 2.02. The summed E-state index contributed by atoms with van der Waals surface area (Å²) in [7, 11) is 1.53. The second kappa shape index (κ2) is 7.38. The summed E-state index contributed by atoms with van der Waals surface area (Å²) in [6, 6.07) is 6.25. The molecule has 124 valence electrons. The van der Waals surface area contributed by atoms with Crippen LogP contribution in [0.1, 0.15) is 22.9 Å². The Labute approximate surface area is 131 Å². The number of aliphatic hydroxyl groups is 1. The molecule has 2 N–H and O–H groups in total. The van der Waals surface area contributed by atoms with E-state index in [0.29, 0.717) is 18.1 Å². The van der Waals surface area contributed by atoms with Crippen LogP contribution in [0.25, 0.3) is 0 Å². The number of nitrogens with one attached hydrogen (secondary N) is 1. The van der Waals surface area contributed by atoms with Gasteiger partial charge in [0, 0.05) is 19.7 Å². The topological polar surface area (TPSA) is 67.3 Å². The fourth-order valence-corrected chi connectivity index (χ4v) is 1.96. The zero-order valence-electron chi connectivity index (χ0n) is 12.3. The first-order valence-electron chi connectivity index (χ1n) is 6.79. The smallest absolute Gasteiger partial charge is 0.387 e. The number of benzene rings is 1. The normalized spacial score (nSPS) is 12.9. The van der Waals surface area contributed by atoms with Crippen molar-refractivity contribution in [3.8, 4) is 0 Å². The van der Waals surface area contributed by atoms with Gasteiger partial charge in [-0.2, -0.15) is 13.2 Å². The highest BCUT2D eigenvalue weighted by molar-refractivity contribution is 5.36. The minimum Gasteiger partial charge on any atom is -0.387 e. The van der Waals surface area contributed by atoms with Gasteiger partial charge < -0.3 is 15.2 Å². The van der Waals surface area contributed by atoms with E-state index in [2.05, 4.69) is 15.3 Å². The highest BCUT2D eigenvalue weighted by Crippen LogP contribution is 2.30. The summed E-state index contributed by atoms with van der Waals surface area (Å²) in [5.41, 5.74) is 0.0375. The highest BCUT2D eigenvalue weighted by Gasteiger charge is 2.30. The Kier molecular flexibility index (Phi) is 5.51. The van der Waals surface area contributed by atoms with Crippen LogP contribution in [0.5, 0.6) is 0 Å². The molecule has 0 spiro atoms. The van der Waals surface area contributed by atoms with Gasteiger partial charge in [-0.05, 0) is 17.7 Å². The van der Waals surface area contributed by atoms with Gasteiger partial charge in [-0.1, -0.05) is 12.1 Å². The molecule has 1 aromatic carbocycles. The lowest BCUT2D eigenvalue weighted by atomic mass is 10.1. The quantitative estimate of drug-likeness (QED) is 0.854. The van der Waals surface area contributed by atoms with Crippen LogP contribution in [0.4, 0.5) is 19.0 Å². The molecule has 0 amide bonds. The number of aromatic nitrogens is 2. The van der Waals surface area contributed by atoms with E-state index in [9.17, 15) is 18.3 Å². The van der Waals surface area contributed by atoms with Crippen LogP contribution >= 0.6 is 0 Å². The monoisotopic (exact) mass is 327 g/mol. The summed E-state index contributed by atoms with van der Waals surface area (Å²) in [5, 5.41) is 12.9. The molecule has 1 aromatic heterocycles. The minimum absolute atomic E-state index is 0.0186. The molecule has 0 saturated heterocycles. The van der Waals surface area contributed by atoms with E-state index in [1.54, 1.807) is 6.07 Å². The van der Waals surface area contributed by atoms with Crippen molar-refractivity contribution in [3.63, 3.8) is 0 Å². The van der Waals surface area contributed by atoms with Gasteiger partial charge in [0.05, 0.1) is 24.0 Å². The largest absolute Gasteiger partial charge is 0.416 e. The third-order valence-electron chi connectivity index (χ3n) is 3.09. The van der Waals surface area contributed by atoms with Gasteiger partial charge in [-0.15, -0.1) is 0 Å². The summed E-state index contributed by atoms with van der Waals surface area (Å²) in [4.78, 5) is 7.96. The number of hydrogen-bond acceptors (Lipinski definition) is 5. The predicted octanol–water partition coefficient (Wildman–Crippen LogP) is 2.79. The zero-order valence-corrected chi connectivity index (χ0v) is 12.3. The first kappa shape index (κ1) is 17.2. The van der Waals surface area contributed by atoms with Crippen LogP contribution in [0.3, 0.4) is 0 Å². The molecule has 23 heavy (non-hydrogen) atoms. The van der Waals surface area contributed by atoms with Crippen molar-refractivity contribution in [2.24, 2.45) is 0 Å². The molecule has 0 aliphatic carbocycles. The Morgan fingerprint density at radius 3 is 2.74 bits per heavy atom. The van der Waals surface area contributed by atoms with Crippen LogP contribution in [0.2, 0.25) is 0 Å². The first-order valence-corrected chi connectivity index (χ1v) is 6.79. The standard InChI is InChI=1S/C15H16F3N3O2/c1-23-8-12-6-14(21-9-20-12)19-7-13(22)10-3-2-4-11(5-10)15(16,17)18/h2-6,9,13,22H,7-8H2,1H3,(H,19,20,21). The maximum atomic E-state index is 12.7. The SMILES string of the molecule is COCc1cc(NCC(O)c2cccc(C(F)(F)F)c2)ncn1. The number of ether oxygens (including phenoxy) is 1. The summed E-state index contributed by atoms with van der Waals surface area (Å²) in [6.45, 7) is 0.331. The molecule has 0 fully saturated rings. The van der Waals surface area contributed by atoms with Gasteiger partial charge in [-0.3, -0.25) is 0 Å². The van der Waals surface area contributed by atoms with Gasteiger partial charge in [0.25, 0.3) is 0 Å². The molecule has 2 rings (SSSR count). The van der Waals surface area contributed by atoms with E-state index in [1.807, 2.05) is 0 Å². The summed E-state index contributed by atoms with van der Waals surface area (Å²) >= 11 is 0. The number of methoxy groups -OCH3 is 1. The lowest BCUT2D eigenvalue weighted by Crippen LogP contribution is -2.14. The van der Waals surface area contributed by atoms with E-state index >= 15 is 0 Å². The first-order chi connectivity index (χ1) is 10.9. The maximum Gasteiger partial charge on any atom is 0.416 e. The van der Waals surface area contributed by atoms with E-state index in [4.69, 9.17) is 4.74 Å². The Hall–Kier alpha value is -2.19. The lowest BCUT2D eigenvalue weighted by Gasteiger charge is -2.15. The van der Waals surface area contributed by atoms with Crippen LogP contribution in [-0.2, 0) is 17.5 Å². The zero-order chi connectivity index (χ0) is 16.9. The molecule has 8 heteroatoms. The highest BCUT2D eigenvalue weighted by atomic mass is 19.4. The molecule has 0 saturated carbocycles. The molecule has 0 aliphatic heterocycles. The number of anilines is 1.